The number of H-pyrrole nitrogens is 1. The Morgan fingerprint density at radius 2 is 1.92 bits per heavy atom. The van der Waals surface area contributed by atoms with Gasteiger partial charge in [0.2, 0.25) is 10.0 Å². The summed E-state index contributed by atoms with van der Waals surface area (Å²) in [7, 11) is -3.75. The molecular weight excluding hydrogens is 494 g/mol. The number of ether oxygens (including phenoxy) is 2. The average molecular weight is 532 g/mol. The van der Waals surface area contributed by atoms with Gasteiger partial charge in [0.05, 0.1) is 36.6 Å². The second-order valence-electron chi connectivity index (χ2n) is 9.46. The zero-order valence-electron chi connectivity index (χ0n) is 21.9. The van der Waals surface area contributed by atoms with Gasteiger partial charge < -0.3 is 19.0 Å². The van der Waals surface area contributed by atoms with Gasteiger partial charge in [-0.15, -0.1) is 0 Å². The van der Waals surface area contributed by atoms with Crippen molar-refractivity contribution in [3.8, 4) is 17.1 Å². The number of morpholine rings is 1. The van der Waals surface area contributed by atoms with Crippen LogP contribution in [0, 0.1) is 0 Å². The molecule has 4 rings (SSSR count). The Kier molecular flexibility index (Phi) is 8.99. The second-order valence-corrected chi connectivity index (χ2v) is 11.4. The van der Waals surface area contributed by atoms with E-state index in [0.29, 0.717) is 49.9 Å². The van der Waals surface area contributed by atoms with Crippen LogP contribution in [-0.2, 0) is 14.8 Å². The maximum Gasteiger partial charge on any atom is 0.279 e. The summed E-state index contributed by atoms with van der Waals surface area (Å²) < 4.78 is 41.3. The van der Waals surface area contributed by atoms with E-state index < -0.39 is 10.0 Å². The SMILES string of the molecule is CCCCCCC(C)n1cnc2c(=O)[nH]c(-c3cc(S(=O)(=O)N4CCOCC4)ccc3OCCC)nc21. The second kappa shape index (κ2) is 12.2. The molecule has 0 spiro atoms. The van der Waals surface area contributed by atoms with Crippen molar-refractivity contribution in [1.82, 2.24) is 23.8 Å². The van der Waals surface area contributed by atoms with Gasteiger partial charge in [0.25, 0.3) is 5.56 Å². The molecule has 1 fully saturated rings. The third-order valence-corrected chi connectivity index (χ3v) is 8.55. The molecule has 0 bridgehead atoms. The lowest BCUT2D eigenvalue weighted by Gasteiger charge is -2.26. The van der Waals surface area contributed by atoms with E-state index >= 15 is 0 Å². The normalized spacial score (nSPS) is 15.8. The molecule has 0 aliphatic carbocycles. The van der Waals surface area contributed by atoms with Crippen molar-refractivity contribution < 1.29 is 17.9 Å². The van der Waals surface area contributed by atoms with Gasteiger partial charge in [0, 0.05) is 19.1 Å². The highest BCUT2D eigenvalue weighted by molar-refractivity contribution is 7.89. The van der Waals surface area contributed by atoms with E-state index in [9.17, 15) is 13.2 Å². The maximum absolute atomic E-state index is 13.3. The molecule has 0 radical (unpaired) electrons. The number of benzene rings is 1. The molecule has 3 heterocycles. The maximum atomic E-state index is 13.3. The van der Waals surface area contributed by atoms with Crippen molar-refractivity contribution in [3.63, 3.8) is 0 Å². The highest BCUT2D eigenvalue weighted by atomic mass is 32.2. The zero-order chi connectivity index (χ0) is 26.4. The van der Waals surface area contributed by atoms with Crippen molar-refractivity contribution in [2.75, 3.05) is 32.9 Å². The minimum absolute atomic E-state index is 0.118. The third kappa shape index (κ3) is 6.05. The minimum Gasteiger partial charge on any atom is -0.493 e. The number of unbranched alkanes of at least 4 members (excludes halogenated alkanes) is 3. The Morgan fingerprint density at radius 3 is 2.65 bits per heavy atom. The number of aromatic amines is 1. The van der Waals surface area contributed by atoms with Crippen LogP contribution < -0.4 is 10.3 Å². The van der Waals surface area contributed by atoms with Crippen LogP contribution in [0.15, 0.2) is 34.2 Å². The van der Waals surface area contributed by atoms with Crippen molar-refractivity contribution in [3.05, 3.63) is 34.9 Å². The van der Waals surface area contributed by atoms with Crippen molar-refractivity contribution in [2.45, 2.75) is 70.2 Å². The van der Waals surface area contributed by atoms with Gasteiger partial charge in [-0.05, 0) is 38.0 Å². The number of aromatic nitrogens is 4. The first-order chi connectivity index (χ1) is 17.9. The number of hydrogen-bond donors (Lipinski definition) is 1. The zero-order valence-corrected chi connectivity index (χ0v) is 22.7. The molecule has 1 aliphatic rings. The first-order valence-corrected chi connectivity index (χ1v) is 14.6. The number of rotatable bonds is 12. The minimum atomic E-state index is -3.75. The van der Waals surface area contributed by atoms with Gasteiger partial charge in [0.1, 0.15) is 11.6 Å². The lowest BCUT2D eigenvalue weighted by atomic mass is 10.1. The Morgan fingerprint density at radius 1 is 1.14 bits per heavy atom. The molecule has 11 heteroatoms. The molecule has 1 unspecified atom stereocenters. The van der Waals surface area contributed by atoms with Gasteiger partial charge >= 0.3 is 0 Å². The Bertz CT molecular complexity index is 1360. The first kappa shape index (κ1) is 27.3. The molecule has 1 N–H and O–H groups in total. The highest BCUT2D eigenvalue weighted by Crippen LogP contribution is 2.32. The molecule has 2 aromatic heterocycles. The average Bonchev–Trinajstić information content (AvgIpc) is 3.35. The molecule has 1 atom stereocenters. The predicted octanol–water partition coefficient (Wildman–Crippen LogP) is 4.13. The number of nitrogens with zero attached hydrogens (tertiary/aromatic N) is 4. The fourth-order valence-electron chi connectivity index (χ4n) is 4.51. The predicted molar refractivity (Wildman–Crippen MR) is 142 cm³/mol. The van der Waals surface area contributed by atoms with Crippen LogP contribution in [0.2, 0.25) is 0 Å². The summed E-state index contributed by atoms with van der Waals surface area (Å²) in [5.41, 5.74) is 0.784. The van der Waals surface area contributed by atoms with Gasteiger partial charge in [-0.2, -0.15) is 4.31 Å². The molecule has 0 amide bonds. The van der Waals surface area contributed by atoms with Crippen molar-refractivity contribution >= 4 is 21.2 Å². The molecule has 3 aromatic rings. The molecule has 1 saturated heterocycles. The number of sulfonamides is 1. The summed E-state index contributed by atoms with van der Waals surface area (Å²) in [6, 6.07) is 4.83. The van der Waals surface area contributed by atoms with Crippen LogP contribution in [0.1, 0.15) is 65.3 Å². The van der Waals surface area contributed by atoms with Crippen LogP contribution in [0.25, 0.3) is 22.6 Å². The first-order valence-electron chi connectivity index (χ1n) is 13.2. The smallest absolute Gasteiger partial charge is 0.279 e. The fourth-order valence-corrected chi connectivity index (χ4v) is 5.95. The van der Waals surface area contributed by atoms with Crippen LogP contribution in [0.5, 0.6) is 5.75 Å². The van der Waals surface area contributed by atoms with Crippen LogP contribution in [-0.4, -0.2) is 65.2 Å². The molecular formula is C26H37N5O5S. The Balaban J connectivity index is 1.76. The van der Waals surface area contributed by atoms with Gasteiger partial charge in [-0.25, -0.2) is 18.4 Å². The van der Waals surface area contributed by atoms with Gasteiger partial charge in [-0.3, -0.25) is 4.79 Å². The monoisotopic (exact) mass is 531 g/mol. The summed E-state index contributed by atoms with van der Waals surface area (Å²) in [4.78, 5) is 25.0. The number of fused-ring (bicyclic) bond motifs is 1. The third-order valence-electron chi connectivity index (χ3n) is 6.66. The topological polar surface area (TPSA) is 119 Å². The van der Waals surface area contributed by atoms with Crippen molar-refractivity contribution in [2.24, 2.45) is 0 Å². The molecule has 1 aliphatic heterocycles. The van der Waals surface area contributed by atoms with E-state index in [1.54, 1.807) is 18.5 Å². The van der Waals surface area contributed by atoms with Gasteiger partial charge in [0.15, 0.2) is 11.2 Å². The van der Waals surface area contributed by atoms with Gasteiger partial charge in [-0.1, -0.05) is 39.5 Å². The summed E-state index contributed by atoms with van der Waals surface area (Å²) in [5, 5.41) is 0. The summed E-state index contributed by atoms with van der Waals surface area (Å²) >= 11 is 0. The van der Waals surface area contributed by atoms with E-state index in [4.69, 9.17) is 14.5 Å². The van der Waals surface area contributed by atoms with E-state index in [1.165, 1.54) is 23.2 Å². The lowest BCUT2D eigenvalue weighted by molar-refractivity contribution is 0.0730. The Labute approximate surface area is 218 Å². The quantitative estimate of drug-likeness (QED) is 0.349. The Hall–Kier alpha value is -2.76. The van der Waals surface area contributed by atoms with Crippen molar-refractivity contribution in [1.29, 1.82) is 0 Å². The van der Waals surface area contributed by atoms with E-state index in [1.807, 2.05) is 11.5 Å². The molecule has 37 heavy (non-hydrogen) atoms. The largest absolute Gasteiger partial charge is 0.493 e. The summed E-state index contributed by atoms with van der Waals surface area (Å²) in [6.45, 7) is 8.02. The van der Waals surface area contributed by atoms with Crippen LogP contribution in [0.4, 0.5) is 0 Å². The van der Waals surface area contributed by atoms with E-state index in [0.717, 1.165) is 25.7 Å². The number of hydrogen-bond acceptors (Lipinski definition) is 7. The molecule has 10 nitrogen and oxygen atoms in total. The van der Waals surface area contributed by atoms with E-state index in [-0.39, 0.29) is 27.8 Å². The number of imidazole rings is 1. The fraction of sp³-hybridized carbons (Fsp3) is 0.577. The summed E-state index contributed by atoms with van der Waals surface area (Å²) in [6.07, 6.45) is 8.01. The van der Waals surface area contributed by atoms with Crippen LogP contribution >= 0.6 is 0 Å². The number of nitrogens with one attached hydrogen (secondary N) is 1. The van der Waals surface area contributed by atoms with Crippen LogP contribution in [0.3, 0.4) is 0 Å². The molecule has 202 valence electrons. The summed E-state index contributed by atoms with van der Waals surface area (Å²) in [5.74, 6) is 0.714. The standard InChI is InChI=1S/C26H37N5O5S/c1-4-6-7-8-9-19(3)31-18-27-23-25(31)28-24(29-26(23)32)21-17-20(10-11-22(21)36-14-5-2)37(33,34)30-12-15-35-16-13-30/h10-11,17-19H,4-9,12-16H2,1-3H3,(H,28,29,32). The molecule has 1 aromatic carbocycles. The lowest BCUT2D eigenvalue weighted by Crippen LogP contribution is -2.40. The highest BCUT2D eigenvalue weighted by Gasteiger charge is 2.28. The molecule has 0 saturated carbocycles. The van der Waals surface area contributed by atoms with E-state index in [2.05, 4.69) is 23.8 Å².